The highest BCUT2D eigenvalue weighted by atomic mass is 19.1. The summed E-state index contributed by atoms with van der Waals surface area (Å²) in [5.41, 5.74) is 5.96. The molecule has 0 saturated heterocycles. The summed E-state index contributed by atoms with van der Waals surface area (Å²) in [7, 11) is 1.53. The molecule has 1 aromatic carbocycles. The van der Waals surface area contributed by atoms with E-state index < -0.39 is 0 Å². The van der Waals surface area contributed by atoms with Crippen molar-refractivity contribution < 1.29 is 13.9 Å². The van der Waals surface area contributed by atoms with E-state index in [1.54, 1.807) is 12.1 Å². The summed E-state index contributed by atoms with van der Waals surface area (Å²) in [6.07, 6.45) is -0.295. The fourth-order valence-electron chi connectivity index (χ4n) is 1.29. The number of nitrogens with two attached hydrogens (primary N) is 1. The SMILES string of the molecule is COC(CNC(=O)CN)c1ccc(F)cc1. The zero-order valence-corrected chi connectivity index (χ0v) is 9.07. The highest BCUT2D eigenvalue weighted by molar-refractivity contribution is 5.77. The van der Waals surface area contributed by atoms with E-state index >= 15 is 0 Å². The Bertz CT molecular complexity index is 340. The molecule has 0 radical (unpaired) electrons. The second kappa shape index (κ2) is 6.19. The first-order valence-corrected chi connectivity index (χ1v) is 4.92. The van der Waals surface area contributed by atoms with Crippen molar-refractivity contribution >= 4 is 5.91 Å². The first-order chi connectivity index (χ1) is 7.67. The Morgan fingerprint density at radius 3 is 2.62 bits per heavy atom. The topological polar surface area (TPSA) is 64.3 Å². The first kappa shape index (κ1) is 12.6. The molecular weight excluding hydrogens is 211 g/mol. The maximum absolute atomic E-state index is 12.7. The highest BCUT2D eigenvalue weighted by Gasteiger charge is 2.11. The number of benzene rings is 1. The largest absolute Gasteiger partial charge is 0.375 e. The Kier molecular flexibility index (Phi) is 4.88. The van der Waals surface area contributed by atoms with Crippen LogP contribution >= 0.6 is 0 Å². The molecule has 0 fully saturated rings. The lowest BCUT2D eigenvalue weighted by atomic mass is 10.1. The van der Waals surface area contributed by atoms with Gasteiger partial charge in [0, 0.05) is 13.7 Å². The van der Waals surface area contributed by atoms with Gasteiger partial charge in [0.1, 0.15) is 5.82 Å². The van der Waals surface area contributed by atoms with Crippen LogP contribution in [0, 0.1) is 5.82 Å². The second-order valence-corrected chi connectivity index (χ2v) is 3.28. The normalized spacial score (nSPS) is 12.2. The fourth-order valence-corrected chi connectivity index (χ4v) is 1.29. The van der Waals surface area contributed by atoms with Crippen LogP contribution < -0.4 is 11.1 Å². The Morgan fingerprint density at radius 2 is 2.12 bits per heavy atom. The predicted octanol–water partition coefficient (Wildman–Crippen LogP) is 0.588. The summed E-state index contributed by atoms with van der Waals surface area (Å²) in [5, 5.41) is 2.61. The van der Waals surface area contributed by atoms with E-state index in [-0.39, 0.29) is 24.4 Å². The minimum absolute atomic E-state index is 0.0557. The first-order valence-electron chi connectivity index (χ1n) is 4.92. The van der Waals surface area contributed by atoms with Gasteiger partial charge in [0.2, 0.25) is 5.91 Å². The van der Waals surface area contributed by atoms with Gasteiger partial charge in [-0.2, -0.15) is 0 Å². The van der Waals surface area contributed by atoms with Gasteiger partial charge in [-0.1, -0.05) is 12.1 Å². The Labute approximate surface area is 93.6 Å². The molecule has 0 spiro atoms. The van der Waals surface area contributed by atoms with Gasteiger partial charge in [-0.25, -0.2) is 4.39 Å². The summed E-state index contributed by atoms with van der Waals surface area (Å²) in [6, 6.07) is 5.95. The van der Waals surface area contributed by atoms with Gasteiger partial charge in [-0.3, -0.25) is 4.79 Å². The van der Waals surface area contributed by atoms with Crippen molar-refractivity contribution in [3.63, 3.8) is 0 Å². The van der Waals surface area contributed by atoms with Crippen LogP contribution in [0.3, 0.4) is 0 Å². The van der Waals surface area contributed by atoms with Crippen molar-refractivity contribution in [2.75, 3.05) is 20.2 Å². The van der Waals surface area contributed by atoms with E-state index in [1.807, 2.05) is 0 Å². The smallest absolute Gasteiger partial charge is 0.233 e. The zero-order chi connectivity index (χ0) is 12.0. The molecule has 0 saturated carbocycles. The molecule has 1 amide bonds. The number of nitrogens with one attached hydrogen (secondary N) is 1. The van der Waals surface area contributed by atoms with Crippen LogP contribution in [0.4, 0.5) is 4.39 Å². The van der Waals surface area contributed by atoms with Gasteiger partial charge in [0.05, 0.1) is 12.6 Å². The molecule has 0 aliphatic rings. The number of halogens is 1. The highest BCUT2D eigenvalue weighted by Crippen LogP contribution is 2.15. The average molecular weight is 226 g/mol. The molecule has 16 heavy (non-hydrogen) atoms. The summed E-state index contributed by atoms with van der Waals surface area (Å²) in [4.78, 5) is 11.0. The number of carbonyl (C=O) groups is 1. The summed E-state index contributed by atoms with van der Waals surface area (Å²) >= 11 is 0. The molecule has 1 atom stereocenters. The number of ether oxygens (including phenoxy) is 1. The molecule has 5 heteroatoms. The molecular formula is C11H15FN2O2. The van der Waals surface area contributed by atoms with Gasteiger partial charge < -0.3 is 15.8 Å². The van der Waals surface area contributed by atoms with Crippen LogP contribution in [0.15, 0.2) is 24.3 Å². The second-order valence-electron chi connectivity index (χ2n) is 3.28. The van der Waals surface area contributed by atoms with Crippen molar-refractivity contribution in [2.24, 2.45) is 5.73 Å². The van der Waals surface area contributed by atoms with E-state index in [0.29, 0.717) is 6.54 Å². The third-order valence-corrected chi connectivity index (χ3v) is 2.20. The molecule has 1 aromatic rings. The van der Waals surface area contributed by atoms with E-state index in [9.17, 15) is 9.18 Å². The number of amides is 1. The van der Waals surface area contributed by atoms with E-state index in [0.717, 1.165) is 5.56 Å². The number of rotatable bonds is 5. The van der Waals surface area contributed by atoms with Gasteiger partial charge in [-0.05, 0) is 17.7 Å². The fraction of sp³-hybridized carbons (Fsp3) is 0.364. The minimum atomic E-state index is -0.301. The molecule has 0 aliphatic carbocycles. The van der Waals surface area contributed by atoms with Crippen LogP contribution in [0.1, 0.15) is 11.7 Å². The number of methoxy groups -OCH3 is 1. The van der Waals surface area contributed by atoms with Crippen molar-refractivity contribution in [3.8, 4) is 0 Å². The van der Waals surface area contributed by atoms with Gasteiger partial charge in [0.15, 0.2) is 0 Å². The molecule has 0 bridgehead atoms. The maximum Gasteiger partial charge on any atom is 0.233 e. The lowest BCUT2D eigenvalue weighted by Crippen LogP contribution is -2.33. The third-order valence-electron chi connectivity index (χ3n) is 2.20. The van der Waals surface area contributed by atoms with Crippen molar-refractivity contribution in [2.45, 2.75) is 6.10 Å². The summed E-state index contributed by atoms with van der Waals surface area (Å²) < 4.78 is 17.9. The molecule has 3 N–H and O–H groups in total. The zero-order valence-electron chi connectivity index (χ0n) is 9.07. The quantitative estimate of drug-likeness (QED) is 0.772. The maximum atomic E-state index is 12.7. The molecule has 4 nitrogen and oxygen atoms in total. The van der Waals surface area contributed by atoms with Crippen LogP contribution in [0.25, 0.3) is 0 Å². The van der Waals surface area contributed by atoms with Crippen LogP contribution in [0.2, 0.25) is 0 Å². The van der Waals surface area contributed by atoms with Crippen molar-refractivity contribution in [1.82, 2.24) is 5.32 Å². The van der Waals surface area contributed by atoms with E-state index in [2.05, 4.69) is 5.32 Å². The average Bonchev–Trinajstić information content (AvgIpc) is 2.31. The van der Waals surface area contributed by atoms with Crippen LogP contribution in [-0.2, 0) is 9.53 Å². The molecule has 1 rings (SSSR count). The molecule has 0 aliphatic heterocycles. The Balaban J connectivity index is 2.60. The van der Waals surface area contributed by atoms with Crippen LogP contribution in [0.5, 0.6) is 0 Å². The summed E-state index contributed by atoms with van der Waals surface area (Å²) in [5.74, 6) is -0.547. The minimum Gasteiger partial charge on any atom is -0.375 e. The van der Waals surface area contributed by atoms with Gasteiger partial charge in [-0.15, -0.1) is 0 Å². The monoisotopic (exact) mass is 226 g/mol. The lowest BCUT2D eigenvalue weighted by Gasteiger charge is -2.16. The van der Waals surface area contributed by atoms with Crippen molar-refractivity contribution in [3.05, 3.63) is 35.6 Å². The molecule has 0 aromatic heterocycles. The number of carbonyl (C=O) groups excluding carboxylic acids is 1. The number of hydrogen-bond acceptors (Lipinski definition) is 3. The Hall–Kier alpha value is -1.46. The third kappa shape index (κ3) is 3.60. The molecule has 0 heterocycles. The Morgan fingerprint density at radius 1 is 1.50 bits per heavy atom. The van der Waals surface area contributed by atoms with Gasteiger partial charge >= 0.3 is 0 Å². The lowest BCUT2D eigenvalue weighted by molar-refractivity contribution is -0.120. The standard InChI is InChI=1S/C11H15FN2O2/c1-16-10(7-14-11(15)6-13)8-2-4-9(12)5-3-8/h2-5,10H,6-7,13H2,1H3,(H,14,15). The predicted molar refractivity (Wildman–Crippen MR) is 58.2 cm³/mol. The van der Waals surface area contributed by atoms with E-state index in [1.165, 1.54) is 19.2 Å². The number of hydrogen-bond donors (Lipinski definition) is 2. The summed E-state index contributed by atoms with van der Waals surface area (Å²) in [6.45, 7) is 0.262. The molecule has 88 valence electrons. The van der Waals surface area contributed by atoms with Gasteiger partial charge in [0.25, 0.3) is 0 Å². The molecule has 1 unspecified atom stereocenters. The van der Waals surface area contributed by atoms with Crippen molar-refractivity contribution in [1.29, 1.82) is 0 Å². The van der Waals surface area contributed by atoms with E-state index in [4.69, 9.17) is 10.5 Å². The van der Waals surface area contributed by atoms with Crippen LogP contribution in [-0.4, -0.2) is 26.1 Å².